The SMILES string of the molecule is Cc1c(C(=O)Nc2ccc(S(=O)(=O)N(C)C)cc2)cnn1-c1ccccc1. The number of aromatic nitrogens is 2. The van der Waals surface area contributed by atoms with Gasteiger partial charge >= 0.3 is 0 Å². The fraction of sp³-hybridized carbons (Fsp3) is 0.158. The van der Waals surface area contributed by atoms with Gasteiger partial charge in [-0.1, -0.05) is 18.2 Å². The summed E-state index contributed by atoms with van der Waals surface area (Å²) < 4.78 is 27.0. The molecule has 1 amide bonds. The van der Waals surface area contributed by atoms with Gasteiger partial charge in [-0.05, 0) is 43.3 Å². The molecule has 0 spiro atoms. The third-order valence-corrected chi connectivity index (χ3v) is 5.98. The van der Waals surface area contributed by atoms with Crippen molar-refractivity contribution in [2.45, 2.75) is 11.8 Å². The number of sulfonamides is 1. The summed E-state index contributed by atoms with van der Waals surface area (Å²) in [6.07, 6.45) is 1.52. The Morgan fingerprint density at radius 1 is 1.04 bits per heavy atom. The van der Waals surface area contributed by atoms with Gasteiger partial charge in [0.1, 0.15) is 0 Å². The van der Waals surface area contributed by atoms with Gasteiger partial charge in [0.2, 0.25) is 10.0 Å². The lowest BCUT2D eigenvalue weighted by atomic mass is 10.2. The number of carbonyl (C=O) groups excluding carboxylic acids is 1. The van der Waals surface area contributed by atoms with Crippen molar-refractivity contribution in [2.24, 2.45) is 0 Å². The first-order valence-corrected chi connectivity index (χ1v) is 9.68. The summed E-state index contributed by atoms with van der Waals surface area (Å²) in [5.74, 6) is -0.308. The van der Waals surface area contributed by atoms with Crippen LogP contribution in [0.15, 0.2) is 65.7 Å². The van der Waals surface area contributed by atoms with E-state index >= 15 is 0 Å². The van der Waals surface area contributed by atoms with Crippen LogP contribution in [0.3, 0.4) is 0 Å². The molecule has 1 N–H and O–H groups in total. The lowest BCUT2D eigenvalue weighted by Gasteiger charge is -2.12. The van der Waals surface area contributed by atoms with Crippen molar-refractivity contribution in [2.75, 3.05) is 19.4 Å². The molecule has 8 heteroatoms. The van der Waals surface area contributed by atoms with Gasteiger partial charge < -0.3 is 5.32 Å². The first-order chi connectivity index (χ1) is 12.8. The molecule has 140 valence electrons. The second-order valence-corrected chi connectivity index (χ2v) is 8.31. The zero-order chi connectivity index (χ0) is 19.6. The Morgan fingerprint density at radius 3 is 2.26 bits per heavy atom. The maximum absolute atomic E-state index is 12.6. The molecule has 3 aromatic rings. The second kappa shape index (κ2) is 7.34. The van der Waals surface area contributed by atoms with Gasteiger partial charge in [0.25, 0.3) is 5.91 Å². The van der Waals surface area contributed by atoms with Gasteiger partial charge in [-0.3, -0.25) is 4.79 Å². The van der Waals surface area contributed by atoms with Crippen LogP contribution in [0.2, 0.25) is 0 Å². The Hall–Kier alpha value is -2.97. The predicted octanol–water partition coefficient (Wildman–Crippen LogP) is 2.68. The van der Waals surface area contributed by atoms with Crippen molar-refractivity contribution in [1.82, 2.24) is 14.1 Å². The van der Waals surface area contributed by atoms with Crippen molar-refractivity contribution in [1.29, 1.82) is 0 Å². The maximum Gasteiger partial charge on any atom is 0.259 e. The molecule has 0 radical (unpaired) electrons. The van der Waals surface area contributed by atoms with Crippen LogP contribution in [0.4, 0.5) is 5.69 Å². The molecule has 0 aliphatic heterocycles. The zero-order valence-electron chi connectivity index (χ0n) is 15.2. The van der Waals surface area contributed by atoms with Crippen molar-refractivity contribution >= 4 is 21.6 Å². The Morgan fingerprint density at radius 2 is 1.67 bits per heavy atom. The Bertz CT molecular complexity index is 1060. The van der Waals surface area contributed by atoms with Crippen molar-refractivity contribution < 1.29 is 13.2 Å². The van der Waals surface area contributed by atoms with E-state index in [2.05, 4.69) is 10.4 Å². The smallest absolute Gasteiger partial charge is 0.259 e. The normalized spacial score (nSPS) is 11.6. The van der Waals surface area contributed by atoms with Crippen molar-refractivity contribution in [3.63, 3.8) is 0 Å². The minimum atomic E-state index is -3.50. The molecule has 2 aromatic carbocycles. The predicted molar refractivity (Wildman–Crippen MR) is 104 cm³/mol. The third kappa shape index (κ3) is 3.76. The van der Waals surface area contributed by atoms with Crippen LogP contribution in [-0.2, 0) is 10.0 Å². The maximum atomic E-state index is 12.6. The molecule has 0 fully saturated rings. The fourth-order valence-electron chi connectivity index (χ4n) is 2.58. The molecule has 0 atom stereocenters. The molecular weight excluding hydrogens is 364 g/mol. The summed E-state index contributed by atoms with van der Waals surface area (Å²) in [6.45, 7) is 1.82. The standard InChI is InChI=1S/C19H20N4O3S/c1-14-18(13-20-23(14)16-7-5-4-6-8-16)19(24)21-15-9-11-17(12-10-15)27(25,26)22(2)3/h4-13H,1-3H3,(H,21,24). The van der Waals surface area contributed by atoms with Gasteiger partial charge in [0.05, 0.1) is 28.0 Å². The molecule has 1 aromatic heterocycles. The van der Waals surface area contributed by atoms with Crippen molar-refractivity contribution in [3.05, 3.63) is 72.1 Å². The van der Waals surface area contributed by atoms with Gasteiger partial charge in [-0.25, -0.2) is 17.4 Å². The van der Waals surface area contributed by atoms with E-state index in [-0.39, 0.29) is 10.8 Å². The Labute approximate surface area is 158 Å². The topological polar surface area (TPSA) is 84.3 Å². The summed E-state index contributed by atoms with van der Waals surface area (Å²) in [6, 6.07) is 15.6. The highest BCUT2D eigenvalue weighted by Gasteiger charge is 2.18. The molecule has 0 unspecified atom stereocenters. The van der Waals surface area contributed by atoms with Crippen molar-refractivity contribution in [3.8, 4) is 5.69 Å². The number of amides is 1. The number of carbonyl (C=O) groups is 1. The van der Waals surface area contributed by atoms with Crippen LogP contribution in [0.1, 0.15) is 16.1 Å². The molecule has 0 bridgehead atoms. The number of hydrogen-bond acceptors (Lipinski definition) is 4. The average Bonchev–Trinajstić information content (AvgIpc) is 3.04. The summed E-state index contributed by atoms with van der Waals surface area (Å²) in [5, 5.41) is 7.06. The van der Waals surface area contributed by atoms with Gasteiger partial charge in [-0.2, -0.15) is 5.10 Å². The lowest BCUT2D eigenvalue weighted by Crippen LogP contribution is -2.22. The van der Waals surface area contributed by atoms with Crippen LogP contribution in [0.25, 0.3) is 5.69 Å². The van der Waals surface area contributed by atoms with E-state index in [1.54, 1.807) is 16.8 Å². The number of rotatable bonds is 5. The van der Waals surface area contributed by atoms with Crippen LogP contribution in [0, 0.1) is 6.92 Å². The van der Waals surface area contributed by atoms with Gasteiger partial charge in [-0.15, -0.1) is 0 Å². The number of nitrogens with one attached hydrogen (secondary N) is 1. The van der Waals surface area contributed by atoms with E-state index in [0.29, 0.717) is 16.9 Å². The number of benzene rings is 2. The molecular formula is C19H20N4O3S. The van der Waals surface area contributed by atoms with E-state index in [1.807, 2.05) is 37.3 Å². The molecule has 0 saturated heterocycles. The molecule has 1 heterocycles. The molecule has 0 aliphatic rings. The molecule has 0 saturated carbocycles. The quantitative estimate of drug-likeness (QED) is 0.733. The van der Waals surface area contributed by atoms with Gasteiger partial charge in [0, 0.05) is 19.8 Å². The highest BCUT2D eigenvalue weighted by atomic mass is 32.2. The van der Waals surface area contributed by atoms with Crippen LogP contribution in [0.5, 0.6) is 0 Å². The summed E-state index contributed by atoms with van der Waals surface area (Å²) in [5.41, 5.74) is 2.53. The number of nitrogens with zero attached hydrogens (tertiary/aromatic N) is 3. The lowest BCUT2D eigenvalue weighted by molar-refractivity contribution is 0.102. The fourth-order valence-corrected chi connectivity index (χ4v) is 3.48. The van der Waals surface area contributed by atoms with E-state index < -0.39 is 10.0 Å². The Kier molecular flexibility index (Phi) is 5.11. The van der Waals surface area contributed by atoms with E-state index in [9.17, 15) is 13.2 Å². The summed E-state index contributed by atoms with van der Waals surface area (Å²) in [4.78, 5) is 12.7. The highest BCUT2D eigenvalue weighted by Crippen LogP contribution is 2.19. The number of anilines is 1. The number of para-hydroxylation sites is 1. The van der Waals surface area contributed by atoms with Gasteiger partial charge in [0.15, 0.2) is 0 Å². The monoisotopic (exact) mass is 384 g/mol. The van der Waals surface area contributed by atoms with Crippen LogP contribution in [-0.4, -0.2) is 42.5 Å². The van der Waals surface area contributed by atoms with Crippen LogP contribution >= 0.6 is 0 Å². The second-order valence-electron chi connectivity index (χ2n) is 6.16. The largest absolute Gasteiger partial charge is 0.322 e. The van der Waals surface area contributed by atoms with E-state index in [4.69, 9.17) is 0 Å². The molecule has 3 rings (SSSR count). The summed E-state index contributed by atoms with van der Waals surface area (Å²) in [7, 11) is -0.560. The molecule has 0 aliphatic carbocycles. The summed E-state index contributed by atoms with van der Waals surface area (Å²) >= 11 is 0. The minimum Gasteiger partial charge on any atom is -0.322 e. The molecule has 7 nitrogen and oxygen atoms in total. The Balaban J connectivity index is 1.80. The third-order valence-electron chi connectivity index (χ3n) is 4.15. The zero-order valence-corrected chi connectivity index (χ0v) is 16.1. The average molecular weight is 384 g/mol. The number of hydrogen-bond donors (Lipinski definition) is 1. The highest BCUT2D eigenvalue weighted by molar-refractivity contribution is 7.89. The van der Waals surface area contributed by atoms with Crippen LogP contribution < -0.4 is 5.32 Å². The first kappa shape index (κ1) is 18.8. The minimum absolute atomic E-state index is 0.165. The molecule has 27 heavy (non-hydrogen) atoms. The van der Waals surface area contributed by atoms with E-state index in [1.165, 1.54) is 32.4 Å². The van der Waals surface area contributed by atoms with E-state index in [0.717, 1.165) is 9.99 Å². The first-order valence-electron chi connectivity index (χ1n) is 8.24.